The zero-order valence-corrected chi connectivity index (χ0v) is 15.2. The summed E-state index contributed by atoms with van der Waals surface area (Å²) in [5.74, 6) is -1.04. The molecule has 28 heavy (non-hydrogen) atoms. The van der Waals surface area contributed by atoms with Crippen LogP contribution in [0.15, 0.2) is 30.3 Å². The summed E-state index contributed by atoms with van der Waals surface area (Å²) < 4.78 is 46.0. The summed E-state index contributed by atoms with van der Waals surface area (Å²) in [6.45, 7) is 0.0102. The molecule has 0 saturated heterocycles. The highest BCUT2D eigenvalue weighted by Gasteiger charge is 2.29. The number of aromatic nitrogens is 2. The van der Waals surface area contributed by atoms with E-state index in [9.17, 15) is 22.8 Å². The van der Waals surface area contributed by atoms with Crippen LogP contribution >= 0.6 is 0 Å². The van der Waals surface area contributed by atoms with Crippen LogP contribution < -0.4 is 15.0 Å². The number of ether oxygens (including phenoxy) is 2. The third-order valence-corrected chi connectivity index (χ3v) is 3.41. The van der Waals surface area contributed by atoms with Gasteiger partial charge in [-0.3, -0.25) is 10.2 Å². The quantitative estimate of drug-likeness (QED) is 0.778. The number of anilines is 2. The molecule has 0 aliphatic rings. The predicted molar refractivity (Wildman–Crippen MR) is 93.5 cm³/mol. The van der Waals surface area contributed by atoms with Crippen molar-refractivity contribution in [3.8, 4) is 5.88 Å². The number of rotatable bonds is 5. The molecule has 1 aromatic carbocycles. The summed E-state index contributed by atoms with van der Waals surface area (Å²) in [6.07, 6.45) is -4.52. The number of nitrogens with one attached hydrogen (secondary N) is 1. The minimum absolute atomic E-state index is 0.208. The fourth-order valence-corrected chi connectivity index (χ4v) is 2.06. The summed E-state index contributed by atoms with van der Waals surface area (Å²) >= 11 is 0. The monoisotopic (exact) mass is 398 g/mol. The number of methoxy groups -OCH3 is 1. The minimum atomic E-state index is -4.52. The second-order valence-electron chi connectivity index (χ2n) is 5.60. The minimum Gasteiger partial charge on any atom is -0.468 e. The molecular weight excluding hydrogens is 381 g/mol. The van der Waals surface area contributed by atoms with Gasteiger partial charge in [-0.1, -0.05) is 0 Å². The van der Waals surface area contributed by atoms with E-state index in [4.69, 9.17) is 0 Å². The molecule has 1 heterocycles. The average molecular weight is 398 g/mol. The number of halogens is 3. The van der Waals surface area contributed by atoms with Crippen molar-refractivity contribution in [3.05, 3.63) is 41.6 Å². The fraction of sp³-hybridized carbons (Fsp3) is 0.294. The lowest BCUT2D eigenvalue weighted by Crippen LogP contribution is -2.32. The number of aryl methyl sites for hydroxylation is 1. The van der Waals surface area contributed by atoms with Gasteiger partial charge >= 0.3 is 18.2 Å². The van der Waals surface area contributed by atoms with E-state index >= 15 is 0 Å². The Hall–Kier alpha value is -3.37. The van der Waals surface area contributed by atoms with Gasteiger partial charge in [0, 0.05) is 24.5 Å². The molecule has 0 unspecified atom stereocenters. The number of esters is 1. The Morgan fingerprint density at radius 3 is 2.39 bits per heavy atom. The molecule has 0 aliphatic carbocycles. The molecule has 150 valence electrons. The Labute approximate surface area is 158 Å². The molecule has 2 amide bonds. The molecule has 2 aromatic rings. The molecule has 2 rings (SSSR count). The van der Waals surface area contributed by atoms with E-state index < -0.39 is 24.8 Å². The number of nitrogens with zero attached hydrogens (tertiary/aromatic N) is 3. The fourth-order valence-electron chi connectivity index (χ4n) is 2.06. The molecule has 8 nitrogen and oxygen atoms in total. The molecule has 0 spiro atoms. The van der Waals surface area contributed by atoms with Gasteiger partial charge in [0.1, 0.15) is 0 Å². The van der Waals surface area contributed by atoms with Gasteiger partial charge in [-0.15, -0.1) is 0 Å². The second-order valence-corrected chi connectivity index (χ2v) is 5.60. The molecule has 11 heteroatoms. The Bertz CT molecular complexity index is 856. The van der Waals surface area contributed by atoms with Gasteiger partial charge in [0.15, 0.2) is 6.61 Å². The van der Waals surface area contributed by atoms with E-state index in [1.807, 2.05) is 0 Å². The molecule has 0 bridgehead atoms. The molecule has 0 aliphatic heterocycles. The zero-order valence-electron chi connectivity index (χ0n) is 15.2. The number of alkyl halides is 3. The summed E-state index contributed by atoms with van der Waals surface area (Å²) in [6, 6.07) is 6.60. The normalized spacial score (nSPS) is 10.9. The summed E-state index contributed by atoms with van der Waals surface area (Å²) in [5.41, 5.74) is 1.08. The summed E-state index contributed by atoms with van der Waals surface area (Å²) in [4.78, 5) is 32.7. The van der Waals surface area contributed by atoms with Crippen molar-refractivity contribution in [1.29, 1.82) is 0 Å². The van der Waals surface area contributed by atoms with E-state index in [-0.39, 0.29) is 11.8 Å². The van der Waals surface area contributed by atoms with Crippen LogP contribution in [-0.4, -0.2) is 48.9 Å². The highest BCUT2D eigenvalue weighted by molar-refractivity contribution is 6.00. The Kier molecular flexibility index (Phi) is 6.39. The number of urea groups is 1. The maximum atomic E-state index is 12.3. The van der Waals surface area contributed by atoms with Gasteiger partial charge in [-0.25, -0.2) is 14.6 Å². The standard InChI is InChI=1S/C17H17F3N4O4/c1-10-8-13(28-9-17(18,19)20)22-15(21-10)23-16(26)24(2)12-6-4-11(5-7-12)14(25)27-3/h4-8H,9H2,1-3H3,(H,21,22,23,26). The number of hydrogen-bond acceptors (Lipinski definition) is 6. The van der Waals surface area contributed by atoms with Gasteiger partial charge in [-0.05, 0) is 31.2 Å². The van der Waals surface area contributed by atoms with E-state index in [2.05, 4.69) is 24.8 Å². The highest BCUT2D eigenvalue weighted by atomic mass is 19.4. The van der Waals surface area contributed by atoms with Gasteiger partial charge in [0.2, 0.25) is 11.8 Å². The molecule has 0 saturated carbocycles. The third kappa shape index (κ3) is 5.83. The van der Waals surface area contributed by atoms with Crippen LogP contribution in [-0.2, 0) is 4.74 Å². The van der Waals surface area contributed by atoms with E-state index in [1.54, 1.807) is 0 Å². The largest absolute Gasteiger partial charge is 0.468 e. The molecular formula is C17H17F3N4O4. The Morgan fingerprint density at radius 2 is 1.82 bits per heavy atom. The smallest absolute Gasteiger partial charge is 0.422 e. The lowest BCUT2D eigenvalue weighted by molar-refractivity contribution is -0.154. The van der Waals surface area contributed by atoms with Crippen LogP contribution in [0.5, 0.6) is 5.88 Å². The maximum Gasteiger partial charge on any atom is 0.422 e. The summed E-state index contributed by atoms with van der Waals surface area (Å²) in [7, 11) is 2.71. The SMILES string of the molecule is COC(=O)c1ccc(N(C)C(=O)Nc2nc(C)cc(OCC(F)(F)F)n2)cc1. The van der Waals surface area contributed by atoms with Crippen molar-refractivity contribution < 1.29 is 32.2 Å². The first-order valence-electron chi connectivity index (χ1n) is 7.87. The number of carbonyl (C=O) groups is 2. The van der Waals surface area contributed by atoms with Gasteiger partial charge in [0.05, 0.1) is 12.7 Å². The zero-order chi connectivity index (χ0) is 20.9. The van der Waals surface area contributed by atoms with Crippen LogP contribution in [0, 0.1) is 6.92 Å². The molecule has 0 atom stereocenters. The van der Waals surface area contributed by atoms with Crippen LogP contribution in [0.3, 0.4) is 0 Å². The lowest BCUT2D eigenvalue weighted by Gasteiger charge is -2.18. The lowest BCUT2D eigenvalue weighted by atomic mass is 10.2. The Balaban J connectivity index is 2.09. The van der Waals surface area contributed by atoms with Crippen molar-refractivity contribution in [2.24, 2.45) is 0 Å². The van der Waals surface area contributed by atoms with Crippen LogP contribution in [0.2, 0.25) is 0 Å². The van der Waals surface area contributed by atoms with Gasteiger partial charge < -0.3 is 9.47 Å². The molecule has 1 N–H and O–H groups in total. The second kappa shape index (κ2) is 8.55. The van der Waals surface area contributed by atoms with Gasteiger partial charge in [-0.2, -0.15) is 18.2 Å². The number of amides is 2. The number of hydrogen-bond donors (Lipinski definition) is 1. The molecule has 1 aromatic heterocycles. The average Bonchev–Trinajstić information content (AvgIpc) is 2.64. The topological polar surface area (TPSA) is 93.7 Å². The summed E-state index contributed by atoms with van der Waals surface area (Å²) in [5, 5.41) is 2.38. The van der Waals surface area contributed by atoms with Crippen LogP contribution in [0.4, 0.5) is 29.6 Å². The van der Waals surface area contributed by atoms with Crippen LogP contribution in [0.25, 0.3) is 0 Å². The van der Waals surface area contributed by atoms with Crippen molar-refractivity contribution in [3.63, 3.8) is 0 Å². The number of benzene rings is 1. The molecule has 0 radical (unpaired) electrons. The first-order chi connectivity index (χ1) is 13.1. The highest BCUT2D eigenvalue weighted by Crippen LogP contribution is 2.19. The molecule has 0 fully saturated rings. The Morgan fingerprint density at radius 1 is 1.18 bits per heavy atom. The maximum absolute atomic E-state index is 12.3. The van der Waals surface area contributed by atoms with E-state index in [1.165, 1.54) is 56.3 Å². The van der Waals surface area contributed by atoms with Crippen molar-refractivity contribution >= 4 is 23.6 Å². The first-order valence-corrected chi connectivity index (χ1v) is 7.87. The number of carbonyl (C=O) groups excluding carboxylic acids is 2. The van der Waals surface area contributed by atoms with E-state index in [0.29, 0.717) is 16.9 Å². The first kappa shape index (κ1) is 20.9. The van der Waals surface area contributed by atoms with Gasteiger partial charge in [0.25, 0.3) is 0 Å². The van der Waals surface area contributed by atoms with Crippen molar-refractivity contribution in [1.82, 2.24) is 9.97 Å². The predicted octanol–water partition coefficient (Wildman–Crippen LogP) is 3.18. The van der Waals surface area contributed by atoms with Crippen LogP contribution in [0.1, 0.15) is 16.1 Å². The van der Waals surface area contributed by atoms with Crippen molar-refractivity contribution in [2.45, 2.75) is 13.1 Å². The van der Waals surface area contributed by atoms with Crippen molar-refractivity contribution in [2.75, 3.05) is 31.0 Å². The van der Waals surface area contributed by atoms with E-state index in [0.717, 1.165) is 0 Å². The third-order valence-electron chi connectivity index (χ3n) is 3.41.